The highest BCUT2D eigenvalue weighted by Crippen LogP contribution is 2.45. The van der Waals surface area contributed by atoms with E-state index >= 15 is 0 Å². The average molecular weight is 664 g/mol. The number of hydrogen-bond donors (Lipinski definition) is 1. The molecule has 0 radical (unpaired) electrons. The summed E-state index contributed by atoms with van der Waals surface area (Å²) >= 11 is 8.64. The number of amides is 1. The van der Waals surface area contributed by atoms with Crippen molar-refractivity contribution in [3.8, 4) is 17.2 Å². The fraction of sp³-hybridized carbons (Fsp3) is 0.212. The van der Waals surface area contributed by atoms with Crippen LogP contribution in [0.4, 0.5) is 5.13 Å². The van der Waals surface area contributed by atoms with Crippen LogP contribution in [0, 0.1) is 0 Å². The van der Waals surface area contributed by atoms with Crippen molar-refractivity contribution in [1.82, 2.24) is 10.2 Å². The lowest BCUT2D eigenvalue weighted by molar-refractivity contribution is -0.132. The van der Waals surface area contributed by atoms with Crippen molar-refractivity contribution in [1.29, 1.82) is 0 Å². The molecule has 1 fully saturated rings. The number of aliphatic hydroxyl groups excluding tert-OH is 1. The van der Waals surface area contributed by atoms with Gasteiger partial charge in [0, 0.05) is 16.3 Å². The molecule has 1 aliphatic rings. The highest BCUT2D eigenvalue weighted by Gasteiger charge is 2.48. The molecule has 12 heteroatoms. The van der Waals surface area contributed by atoms with Crippen LogP contribution in [0.3, 0.4) is 0 Å². The van der Waals surface area contributed by atoms with Crippen LogP contribution < -0.4 is 19.1 Å². The number of ether oxygens (including phenoxy) is 3. The minimum atomic E-state index is -1.02. The minimum absolute atomic E-state index is 0.0862. The monoisotopic (exact) mass is 663 g/mol. The van der Waals surface area contributed by atoms with Gasteiger partial charge < -0.3 is 19.3 Å². The molecule has 45 heavy (non-hydrogen) atoms. The van der Waals surface area contributed by atoms with Crippen LogP contribution in [0.25, 0.3) is 5.76 Å². The SMILES string of the molecule is C=CCOc1ccc(C2C(=C(O)c3ccc(OCC)cc3)C(=O)C(=O)N2c2nnc(SCc3ccc(Cl)cc3)s2)cc1OCC. The number of anilines is 1. The Balaban J connectivity index is 1.57. The molecule has 1 saturated heterocycles. The Morgan fingerprint density at radius 1 is 1.00 bits per heavy atom. The summed E-state index contributed by atoms with van der Waals surface area (Å²) in [6.45, 7) is 8.50. The van der Waals surface area contributed by atoms with Gasteiger partial charge in [0.15, 0.2) is 15.8 Å². The smallest absolute Gasteiger partial charge is 0.301 e. The van der Waals surface area contributed by atoms with E-state index in [1.807, 2.05) is 38.1 Å². The molecular formula is C33H30ClN3O6S2. The molecular weight excluding hydrogens is 634 g/mol. The topological polar surface area (TPSA) is 111 Å². The van der Waals surface area contributed by atoms with Gasteiger partial charge in [-0.25, -0.2) is 0 Å². The van der Waals surface area contributed by atoms with Crippen molar-refractivity contribution < 1.29 is 28.9 Å². The van der Waals surface area contributed by atoms with Crippen LogP contribution in [0.5, 0.6) is 17.2 Å². The van der Waals surface area contributed by atoms with E-state index in [0.29, 0.717) is 56.7 Å². The zero-order valence-corrected chi connectivity index (χ0v) is 27.0. The summed E-state index contributed by atoms with van der Waals surface area (Å²) in [6, 6.07) is 18.3. The summed E-state index contributed by atoms with van der Waals surface area (Å²) in [7, 11) is 0. The maximum absolute atomic E-state index is 13.7. The molecule has 3 aromatic carbocycles. The summed E-state index contributed by atoms with van der Waals surface area (Å²) in [5, 5.41) is 21.0. The summed E-state index contributed by atoms with van der Waals surface area (Å²) in [5.41, 5.74) is 1.83. The maximum atomic E-state index is 13.7. The Morgan fingerprint density at radius 2 is 1.73 bits per heavy atom. The van der Waals surface area contributed by atoms with E-state index in [2.05, 4.69) is 16.8 Å². The second-order valence-corrected chi connectivity index (χ2v) is 12.2. The molecule has 0 saturated carbocycles. The van der Waals surface area contributed by atoms with Crippen LogP contribution in [0.15, 0.2) is 89.3 Å². The molecule has 2 heterocycles. The molecule has 1 aromatic heterocycles. The van der Waals surface area contributed by atoms with Crippen molar-refractivity contribution in [3.63, 3.8) is 0 Å². The number of nitrogens with zero attached hydrogens (tertiary/aromatic N) is 3. The van der Waals surface area contributed by atoms with Crippen LogP contribution >= 0.6 is 34.7 Å². The minimum Gasteiger partial charge on any atom is -0.507 e. The molecule has 0 bridgehead atoms. The maximum Gasteiger partial charge on any atom is 0.301 e. The van der Waals surface area contributed by atoms with E-state index in [1.54, 1.807) is 48.5 Å². The lowest BCUT2D eigenvalue weighted by atomic mass is 9.95. The quantitative estimate of drug-likeness (QED) is 0.0389. The molecule has 1 amide bonds. The highest BCUT2D eigenvalue weighted by molar-refractivity contribution is 8.00. The summed E-state index contributed by atoms with van der Waals surface area (Å²) in [5.74, 6) is 0.108. The second-order valence-electron chi connectivity index (χ2n) is 9.63. The highest BCUT2D eigenvalue weighted by atomic mass is 35.5. The van der Waals surface area contributed by atoms with E-state index < -0.39 is 17.7 Å². The zero-order chi connectivity index (χ0) is 31.9. The zero-order valence-electron chi connectivity index (χ0n) is 24.6. The predicted octanol–water partition coefficient (Wildman–Crippen LogP) is 7.47. The van der Waals surface area contributed by atoms with Gasteiger partial charge in [0.05, 0.1) is 24.8 Å². The number of Topliss-reactive ketones (excluding diaryl/α,β-unsaturated/α-hetero) is 1. The Kier molecular flexibility index (Phi) is 10.4. The van der Waals surface area contributed by atoms with E-state index in [4.69, 9.17) is 25.8 Å². The van der Waals surface area contributed by atoms with Crippen molar-refractivity contribution in [2.75, 3.05) is 24.7 Å². The van der Waals surface area contributed by atoms with E-state index in [0.717, 1.165) is 5.56 Å². The normalized spacial score (nSPS) is 15.7. The fourth-order valence-corrected chi connectivity index (χ4v) is 6.64. The van der Waals surface area contributed by atoms with Gasteiger partial charge in [0.1, 0.15) is 18.1 Å². The van der Waals surface area contributed by atoms with E-state index in [-0.39, 0.29) is 23.1 Å². The van der Waals surface area contributed by atoms with Gasteiger partial charge in [-0.2, -0.15) is 0 Å². The summed E-state index contributed by atoms with van der Waals surface area (Å²) < 4.78 is 17.7. The van der Waals surface area contributed by atoms with Gasteiger partial charge in [-0.3, -0.25) is 14.5 Å². The number of ketones is 1. The van der Waals surface area contributed by atoms with Crippen molar-refractivity contribution in [2.45, 2.75) is 30.0 Å². The van der Waals surface area contributed by atoms with Crippen LogP contribution in [-0.2, 0) is 15.3 Å². The standard InChI is InChI=1S/C33H30ClN3O6S2/c1-4-17-43-25-16-11-22(18-26(25)42-6-3)28-27(29(38)21-9-14-24(15-10-21)41-5-2)30(39)31(40)37(28)32-35-36-33(45-32)44-19-20-7-12-23(34)13-8-20/h4,7-16,18,28,38H,1,5-6,17,19H2,2-3H3. The van der Waals surface area contributed by atoms with Gasteiger partial charge in [0.25, 0.3) is 5.78 Å². The van der Waals surface area contributed by atoms with Crippen molar-refractivity contribution in [2.24, 2.45) is 0 Å². The fourth-order valence-electron chi connectivity index (χ4n) is 4.69. The number of aliphatic hydroxyl groups is 1. The number of aromatic nitrogens is 2. The van der Waals surface area contributed by atoms with Crippen molar-refractivity contribution >= 4 is 57.3 Å². The lowest BCUT2D eigenvalue weighted by Gasteiger charge is -2.23. The Morgan fingerprint density at radius 3 is 2.42 bits per heavy atom. The first kappa shape index (κ1) is 32.1. The second kappa shape index (κ2) is 14.6. The van der Waals surface area contributed by atoms with Crippen LogP contribution in [-0.4, -0.2) is 46.8 Å². The average Bonchev–Trinajstić information content (AvgIpc) is 3.62. The van der Waals surface area contributed by atoms with Crippen LogP contribution in [0.2, 0.25) is 5.02 Å². The molecule has 1 aliphatic heterocycles. The Hall–Kier alpha value is -4.32. The van der Waals surface area contributed by atoms with Crippen molar-refractivity contribution in [3.05, 3.63) is 107 Å². The van der Waals surface area contributed by atoms with Gasteiger partial charge >= 0.3 is 5.91 Å². The molecule has 1 unspecified atom stereocenters. The summed E-state index contributed by atoms with van der Waals surface area (Å²) in [6.07, 6.45) is 1.62. The first-order chi connectivity index (χ1) is 21.8. The van der Waals surface area contributed by atoms with Gasteiger partial charge in [0.2, 0.25) is 5.13 Å². The number of rotatable bonds is 13. The van der Waals surface area contributed by atoms with E-state index in [9.17, 15) is 14.7 Å². The molecule has 232 valence electrons. The molecule has 1 N–H and O–H groups in total. The lowest BCUT2D eigenvalue weighted by Crippen LogP contribution is -2.29. The number of benzene rings is 3. The molecule has 9 nitrogen and oxygen atoms in total. The number of halogens is 1. The number of hydrogen-bond acceptors (Lipinski definition) is 10. The van der Waals surface area contributed by atoms with Crippen LogP contribution in [0.1, 0.15) is 36.6 Å². The predicted molar refractivity (Wildman–Crippen MR) is 177 cm³/mol. The molecule has 5 rings (SSSR count). The largest absolute Gasteiger partial charge is 0.507 e. The van der Waals surface area contributed by atoms with E-state index in [1.165, 1.54) is 28.0 Å². The third-order valence-electron chi connectivity index (χ3n) is 6.70. The number of thioether (sulfide) groups is 1. The molecule has 0 aliphatic carbocycles. The Bertz CT molecular complexity index is 1720. The first-order valence-electron chi connectivity index (χ1n) is 14.1. The van der Waals surface area contributed by atoms with Gasteiger partial charge in [-0.15, -0.1) is 10.2 Å². The molecule has 0 spiro atoms. The summed E-state index contributed by atoms with van der Waals surface area (Å²) in [4.78, 5) is 28.6. The number of carbonyl (C=O) groups is 2. The molecule has 1 atom stereocenters. The molecule has 4 aromatic rings. The van der Waals surface area contributed by atoms with Gasteiger partial charge in [-0.1, -0.05) is 65.6 Å². The number of carbonyl (C=O) groups excluding carboxylic acids is 2. The third kappa shape index (κ3) is 7.16. The first-order valence-corrected chi connectivity index (χ1v) is 16.3. The third-order valence-corrected chi connectivity index (χ3v) is 9.08. The Labute approximate surface area is 274 Å². The van der Waals surface area contributed by atoms with Gasteiger partial charge in [-0.05, 0) is 73.5 Å².